The third-order valence-electron chi connectivity index (χ3n) is 5.95. The van der Waals surface area contributed by atoms with Crippen LogP contribution in [0.4, 0.5) is 5.69 Å². The number of hydrogen-bond donors (Lipinski definition) is 1. The number of nitrogens with one attached hydrogen (secondary N) is 1. The molecule has 31 heavy (non-hydrogen) atoms. The van der Waals surface area contributed by atoms with E-state index in [9.17, 15) is 0 Å². The third kappa shape index (κ3) is 3.49. The van der Waals surface area contributed by atoms with E-state index in [0.29, 0.717) is 30.0 Å². The molecule has 9 nitrogen and oxygen atoms in total. The smallest absolute Gasteiger partial charge is 0.231 e. The van der Waals surface area contributed by atoms with Gasteiger partial charge in [0.15, 0.2) is 11.4 Å². The van der Waals surface area contributed by atoms with Gasteiger partial charge in [0.05, 0.1) is 30.5 Å². The highest BCUT2D eigenvalue weighted by Crippen LogP contribution is 2.33. The van der Waals surface area contributed by atoms with E-state index < -0.39 is 0 Å². The molecule has 2 fully saturated rings. The van der Waals surface area contributed by atoms with Crippen LogP contribution in [0.5, 0.6) is 5.88 Å². The topological polar surface area (TPSA) is 90.0 Å². The summed E-state index contributed by atoms with van der Waals surface area (Å²) in [4.78, 5) is 11.2. The molecular weight excluding hydrogens is 396 g/mol. The van der Waals surface area contributed by atoms with Crippen molar-refractivity contribution >= 4 is 22.4 Å². The van der Waals surface area contributed by atoms with E-state index in [1.165, 1.54) is 6.42 Å². The van der Waals surface area contributed by atoms with E-state index in [1.54, 1.807) is 16.9 Å². The summed E-state index contributed by atoms with van der Waals surface area (Å²) in [6, 6.07) is 8.21. The molecule has 4 aromatic heterocycles. The Bertz CT molecular complexity index is 1210. The number of imidazole rings is 1. The Morgan fingerprint density at radius 2 is 2.10 bits per heavy atom. The van der Waals surface area contributed by atoms with Crippen LogP contribution in [0.15, 0.2) is 41.1 Å². The highest BCUT2D eigenvalue weighted by atomic mass is 16.5. The van der Waals surface area contributed by atoms with Gasteiger partial charge >= 0.3 is 0 Å². The lowest BCUT2D eigenvalue weighted by atomic mass is 10.2. The predicted molar refractivity (Wildman–Crippen MR) is 116 cm³/mol. The normalized spacial score (nSPS) is 19.5. The van der Waals surface area contributed by atoms with Gasteiger partial charge in [-0.05, 0) is 37.6 Å². The molecule has 0 unspecified atom stereocenters. The van der Waals surface area contributed by atoms with E-state index in [4.69, 9.17) is 13.9 Å². The Morgan fingerprint density at radius 1 is 1.16 bits per heavy atom. The van der Waals surface area contributed by atoms with Gasteiger partial charge in [0.1, 0.15) is 12.3 Å². The highest BCUT2D eigenvalue weighted by molar-refractivity contribution is 5.91. The predicted octanol–water partition coefficient (Wildman–Crippen LogP) is 2.50. The number of nitrogens with zero attached hydrogens (tertiary/aromatic N) is 5. The molecule has 160 valence electrons. The molecule has 2 saturated heterocycles. The molecule has 0 radical (unpaired) electrons. The fourth-order valence-electron chi connectivity index (χ4n) is 4.32. The second-order valence-electron chi connectivity index (χ2n) is 7.95. The molecule has 9 heteroatoms. The SMILES string of the molecule is c1cc(N2CCOCC2)c2cc(-c3cnc4ccc(OC[C@@H]5CCCN5)nn34)oc2n1. The van der Waals surface area contributed by atoms with Crippen molar-refractivity contribution in [3.05, 3.63) is 36.7 Å². The van der Waals surface area contributed by atoms with Crippen LogP contribution in [0.1, 0.15) is 12.8 Å². The van der Waals surface area contributed by atoms with Crippen molar-refractivity contribution in [1.82, 2.24) is 24.9 Å². The molecule has 1 N–H and O–H groups in total. The fourth-order valence-corrected chi connectivity index (χ4v) is 4.32. The molecule has 4 aromatic rings. The number of fused-ring (bicyclic) bond motifs is 2. The molecule has 2 aliphatic rings. The van der Waals surface area contributed by atoms with Crippen LogP contribution < -0.4 is 15.0 Å². The van der Waals surface area contributed by atoms with E-state index in [0.717, 1.165) is 61.7 Å². The van der Waals surface area contributed by atoms with Gasteiger partial charge in [0.2, 0.25) is 11.6 Å². The molecule has 1 atom stereocenters. The summed E-state index contributed by atoms with van der Waals surface area (Å²) in [5.74, 6) is 1.25. The van der Waals surface area contributed by atoms with Crippen molar-refractivity contribution in [2.75, 3.05) is 44.4 Å². The van der Waals surface area contributed by atoms with Gasteiger partial charge in [-0.3, -0.25) is 0 Å². The Labute approximate surface area is 179 Å². The largest absolute Gasteiger partial charge is 0.475 e. The van der Waals surface area contributed by atoms with Crippen LogP contribution in [0.3, 0.4) is 0 Å². The summed E-state index contributed by atoms with van der Waals surface area (Å²) in [6.07, 6.45) is 5.89. The Balaban J connectivity index is 1.34. The fraction of sp³-hybridized carbons (Fsp3) is 0.409. The number of ether oxygens (including phenoxy) is 2. The van der Waals surface area contributed by atoms with Crippen LogP contribution in [0.2, 0.25) is 0 Å². The molecule has 6 heterocycles. The summed E-state index contributed by atoms with van der Waals surface area (Å²) in [7, 11) is 0. The first-order valence-corrected chi connectivity index (χ1v) is 10.8. The van der Waals surface area contributed by atoms with Gasteiger partial charge < -0.3 is 24.1 Å². The van der Waals surface area contributed by atoms with Crippen LogP contribution in [0, 0.1) is 0 Å². The number of aromatic nitrogens is 4. The van der Waals surface area contributed by atoms with Crippen molar-refractivity contribution < 1.29 is 13.9 Å². The van der Waals surface area contributed by atoms with Gasteiger partial charge in [-0.25, -0.2) is 14.5 Å². The molecule has 0 aromatic carbocycles. The first-order valence-electron chi connectivity index (χ1n) is 10.8. The number of rotatable bonds is 5. The van der Waals surface area contributed by atoms with Gasteiger partial charge in [-0.2, -0.15) is 0 Å². The van der Waals surface area contributed by atoms with Gasteiger partial charge in [0, 0.05) is 31.4 Å². The monoisotopic (exact) mass is 420 g/mol. The molecule has 0 spiro atoms. The summed E-state index contributed by atoms with van der Waals surface area (Å²) < 4.78 is 19.3. The van der Waals surface area contributed by atoms with Crippen LogP contribution in [-0.2, 0) is 4.74 Å². The lowest BCUT2D eigenvalue weighted by Crippen LogP contribution is -2.36. The summed E-state index contributed by atoms with van der Waals surface area (Å²) in [5.41, 5.74) is 3.22. The number of anilines is 1. The van der Waals surface area contributed by atoms with Crippen molar-refractivity contribution in [1.29, 1.82) is 0 Å². The minimum absolute atomic E-state index is 0.389. The van der Waals surface area contributed by atoms with E-state index in [-0.39, 0.29) is 0 Å². The Morgan fingerprint density at radius 3 is 2.97 bits per heavy atom. The zero-order valence-corrected chi connectivity index (χ0v) is 17.2. The second kappa shape index (κ2) is 7.82. The first-order chi connectivity index (χ1) is 15.3. The Kier molecular flexibility index (Phi) is 4.69. The first kappa shape index (κ1) is 18.6. The van der Waals surface area contributed by atoms with Crippen molar-refractivity contribution in [2.45, 2.75) is 18.9 Å². The Hall–Kier alpha value is -3.17. The van der Waals surface area contributed by atoms with E-state index in [1.807, 2.05) is 24.3 Å². The van der Waals surface area contributed by atoms with E-state index in [2.05, 4.69) is 25.3 Å². The summed E-state index contributed by atoms with van der Waals surface area (Å²) in [6.45, 7) is 4.83. The quantitative estimate of drug-likeness (QED) is 0.527. The zero-order valence-electron chi connectivity index (χ0n) is 17.2. The molecule has 2 aliphatic heterocycles. The van der Waals surface area contributed by atoms with E-state index >= 15 is 0 Å². The second-order valence-corrected chi connectivity index (χ2v) is 7.95. The molecule has 0 aliphatic carbocycles. The van der Waals surface area contributed by atoms with Crippen LogP contribution in [0.25, 0.3) is 28.2 Å². The van der Waals surface area contributed by atoms with Crippen molar-refractivity contribution in [2.24, 2.45) is 0 Å². The lowest BCUT2D eigenvalue weighted by Gasteiger charge is -2.29. The number of pyridine rings is 1. The summed E-state index contributed by atoms with van der Waals surface area (Å²) in [5, 5.41) is 9.07. The number of morpholine rings is 1. The highest BCUT2D eigenvalue weighted by Gasteiger charge is 2.20. The van der Waals surface area contributed by atoms with Gasteiger partial charge in [0.25, 0.3) is 0 Å². The minimum Gasteiger partial charge on any atom is -0.475 e. The number of furan rings is 1. The average Bonchev–Trinajstić information content (AvgIpc) is 3.56. The molecule has 0 amide bonds. The summed E-state index contributed by atoms with van der Waals surface area (Å²) >= 11 is 0. The maximum Gasteiger partial charge on any atom is 0.231 e. The van der Waals surface area contributed by atoms with Gasteiger partial charge in [-0.1, -0.05) is 0 Å². The maximum absolute atomic E-state index is 6.11. The average molecular weight is 420 g/mol. The maximum atomic E-state index is 6.11. The molecule has 0 saturated carbocycles. The number of hydrogen-bond acceptors (Lipinski definition) is 8. The molecular formula is C22H24N6O3. The standard InChI is InChI=1S/C22H24N6O3/c1-2-15(23-6-1)14-30-21-4-3-20-25-13-18(28(20)26-21)19-12-16-17(5-7-24-22(16)31-19)27-8-10-29-11-9-27/h3-5,7,12-13,15,23H,1-2,6,8-11,14H2/t15-/m0/s1. The van der Waals surface area contributed by atoms with Crippen molar-refractivity contribution in [3.63, 3.8) is 0 Å². The minimum atomic E-state index is 0.389. The van der Waals surface area contributed by atoms with Crippen molar-refractivity contribution in [3.8, 4) is 17.3 Å². The molecule has 6 rings (SSSR count). The zero-order chi connectivity index (χ0) is 20.6. The van der Waals surface area contributed by atoms with Crippen LogP contribution >= 0.6 is 0 Å². The third-order valence-corrected chi connectivity index (χ3v) is 5.95. The van der Waals surface area contributed by atoms with Gasteiger partial charge in [-0.15, -0.1) is 5.10 Å². The lowest BCUT2D eigenvalue weighted by molar-refractivity contribution is 0.123. The van der Waals surface area contributed by atoms with Crippen LogP contribution in [-0.4, -0.2) is 65.1 Å². The molecule has 0 bridgehead atoms.